The molecule has 1 amide bonds. The van der Waals surface area contributed by atoms with E-state index in [0.29, 0.717) is 35.5 Å². The van der Waals surface area contributed by atoms with Crippen molar-refractivity contribution in [3.05, 3.63) is 70.8 Å². The van der Waals surface area contributed by atoms with E-state index in [9.17, 15) is 19.5 Å². The first kappa shape index (κ1) is 25.0. The van der Waals surface area contributed by atoms with Crippen molar-refractivity contribution in [2.24, 2.45) is 0 Å². The number of aliphatic hydroxyl groups excluding tert-OH is 1. The van der Waals surface area contributed by atoms with Crippen LogP contribution >= 0.6 is 0 Å². The predicted molar refractivity (Wildman–Crippen MR) is 128 cm³/mol. The van der Waals surface area contributed by atoms with E-state index in [1.165, 1.54) is 19.1 Å². The van der Waals surface area contributed by atoms with Crippen molar-refractivity contribution in [3.8, 4) is 5.75 Å². The first-order valence-corrected chi connectivity index (χ1v) is 11.2. The summed E-state index contributed by atoms with van der Waals surface area (Å²) in [4.78, 5) is 41.7. The molecular formula is C26H30N2O6. The molecule has 1 fully saturated rings. The minimum atomic E-state index is -0.798. The van der Waals surface area contributed by atoms with Gasteiger partial charge in [-0.3, -0.25) is 9.59 Å². The van der Waals surface area contributed by atoms with Gasteiger partial charge in [-0.1, -0.05) is 38.1 Å². The van der Waals surface area contributed by atoms with Gasteiger partial charge >= 0.3 is 5.97 Å². The highest BCUT2D eigenvalue weighted by Crippen LogP contribution is 2.39. The third-order valence-corrected chi connectivity index (χ3v) is 6.08. The van der Waals surface area contributed by atoms with Crippen molar-refractivity contribution in [1.29, 1.82) is 0 Å². The topological polar surface area (TPSA) is 96.4 Å². The molecule has 1 atom stereocenters. The van der Waals surface area contributed by atoms with Gasteiger partial charge in [0.25, 0.3) is 11.7 Å². The van der Waals surface area contributed by atoms with Crippen molar-refractivity contribution in [2.75, 3.05) is 40.4 Å². The first-order chi connectivity index (χ1) is 16.4. The van der Waals surface area contributed by atoms with E-state index in [2.05, 4.69) is 4.90 Å². The summed E-state index contributed by atoms with van der Waals surface area (Å²) in [5.74, 6) is -1.66. The molecule has 0 spiro atoms. The zero-order valence-corrected chi connectivity index (χ0v) is 19.9. The number of hydrogen-bond donors (Lipinski definition) is 1. The molecule has 1 N–H and O–H groups in total. The standard InChI is InChI=1S/C26H30N2O6/c1-5-27(6-2)14-15-28-22(17-10-12-18(13-11-17)26(32)34-4)21(24(30)25(28)31)23(29)19-8-7-9-20(16-19)33-3/h7-13,16,22,29H,5-6,14-15H2,1-4H3. The van der Waals surface area contributed by atoms with Crippen LogP contribution < -0.4 is 4.74 Å². The van der Waals surface area contributed by atoms with Gasteiger partial charge in [-0.2, -0.15) is 0 Å². The number of likely N-dealkylation sites (tertiary alicyclic amines) is 1. The van der Waals surface area contributed by atoms with Crippen LogP contribution in [0.2, 0.25) is 0 Å². The van der Waals surface area contributed by atoms with Gasteiger partial charge in [0.1, 0.15) is 11.5 Å². The number of benzene rings is 2. The van der Waals surface area contributed by atoms with E-state index in [1.54, 1.807) is 48.5 Å². The molecule has 0 radical (unpaired) electrons. The number of likely N-dealkylation sites (N-methyl/N-ethyl adjacent to an activating group) is 1. The molecule has 1 aliphatic rings. The lowest BCUT2D eigenvalue weighted by Gasteiger charge is -2.28. The maximum atomic E-state index is 13.1. The average molecular weight is 467 g/mol. The number of Topliss-reactive ketones (excluding diaryl/α,β-unsaturated/α-hetero) is 1. The van der Waals surface area contributed by atoms with Crippen LogP contribution in [0.25, 0.3) is 5.76 Å². The molecular weight excluding hydrogens is 436 g/mol. The maximum Gasteiger partial charge on any atom is 0.337 e. The fourth-order valence-electron chi connectivity index (χ4n) is 4.09. The van der Waals surface area contributed by atoms with E-state index in [-0.39, 0.29) is 11.3 Å². The molecule has 0 saturated carbocycles. The Morgan fingerprint density at radius 3 is 2.29 bits per heavy atom. The lowest BCUT2D eigenvalue weighted by atomic mass is 9.94. The predicted octanol–water partition coefficient (Wildman–Crippen LogP) is 3.25. The summed E-state index contributed by atoms with van der Waals surface area (Å²) < 4.78 is 10.00. The molecule has 0 bridgehead atoms. The number of ether oxygens (including phenoxy) is 2. The Balaban J connectivity index is 2.11. The lowest BCUT2D eigenvalue weighted by molar-refractivity contribution is -0.140. The van der Waals surface area contributed by atoms with Crippen molar-refractivity contribution in [2.45, 2.75) is 19.9 Å². The van der Waals surface area contributed by atoms with Gasteiger partial charge in [0.05, 0.1) is 31.4 Å². The number of hydrogen-bond acceptors (Lipinski definition) is 7. The second kappa shape index (κ2) is 11.0. The molecule has 3 rings (SSSR count). The largest absolute Gasteiger partial charge is 0.507 e. The molecule has 1 saturated heterocycles. The number of carbonyl (C=O) groups is 3. The van der Waals surface area contributed by atoms with Gasteiger partial charge in [-0.15, -0.1) is 0 Å². The van der Waals surface area contributed by atoms with Gasteiger partial charge in [-0.25, -0.2) is 4.79 Å². The molecule has 1 heterocycles. The Kier molecular flexibility index (Phi) is 8.07. The minimum absolute atomic E-state index is 0.00335. The van der Waals surface area contributed by atoms with Crippen molar-refractivity contribution in [3.63, 3.8) is 0 Å². The normalized spacial score (nSPS) is 17.3. The van der Waals surface area contributed by atoms with Gasteiger partial charge in [-0.05, 0) is 42.9 Å². The van der Waals surface area contributed by atoms with Gasteiger partial charge in [0, 0.05) is 18.7 Å². The Labute approximate surface area is 199 Å². The fourth-order valence-corrected chi connectivity index (χ4v) is 4.09. The number of carbonyl (C=O) groups excluding carboxylic acids is 3. The highest BCUT2D eigenvalue weighted by Gasteiger charge is 2.46. The van der Waals surface area contributed by atoms with E-state index < -0.39 is 23.7 Å². The summed E-state index contributed by atoms with van der Waals surface area (Å²) in [5.41, 5.74) is 1.33. The number of nitrogens with zero attached hydrogens (tertiary/aromatic N) is 2. The van der Waals surface area contributed by atoms with Crippen LogP contribution in [-0.2, 0) is 14.3 Å². The molecule has 34 heavy (non-hydrogen) atoms. The number of methoxy groups -OCH3 is 2. The summed E-state index contributed by atoms with van der Waals surface area (Å²) in [7, 11) is 2.81. The molecule has 8 nitrogen and oxygen atoms in total. The highest BCUT2D eigenvalue weighted by molar-refractivity contribution is 6.46. The summed E-state index contributed by atoms with van der Waals surface area (Å²) in [6.07, 6.45) is 0. The molecule has 2 aromatic rings. The Morgan fingerprint density at radius 1 is 1.03 bits per heavy atom. The number of aliphatic hydroxyl groups is 1. The molecule has 8 heteroatoms. The monoisotopic (exact) mass is 466 g/mol. The van der Waals surface area contributed by atoms with E-state index in [1.807, 2.05) is 13.8 Å². The Bertz CT molecular complexity index is 1090. The molecule has 1 aliphatic heterocycles. The van der Waals surface area contributed by atoms with Gasteiger partial charge < -0.3 is 24.4 Å². The van der Waals surface area contributed by atoms with Crippen LogP contribution in [0.15, 0.2) is 54.1 Å². The van der Waals surface area contributed by atoms with Crippen LogP contribution in [-0.4, -0.2) is 73.0 Å². The third-order valence-electron chi connectivity index (χ3n) is 6.08. The first-order valence-electron chi connectivity index (χ1n) is 11.2. The number of rotatable bonds is 9. The summed E-state index contributed by atoms with van der Waals surface area (Å²) in [5, 5.41) is 11.2. The fraction of sp³-hybridized carbons (Fsp3) is 0.346. The molecule has 0 aromatic heterocycles. The third kappa shape index (κ3) is 4.97. The molecule has 180 valence electrons. The Hall–Kier alpha value is -3.65. The number of ketones is 1. The van der Waals surface area contributed by atoms with Crippen LogP contribution in [0.1, 0.15) is 41.4 Å². The van der Waals surface area contributed by atoms with Gasteiger partial charge in [0.15, 0.2) is 0 Å². The molecule has 0 aliphatic carbocycles. The highest BCUT2D eigenvalue weighted by atomic mass is 16.5. The quantitative estimate of drug-likeness (QED) is 0.262. The average Bonchev–Trinajstić information content (AvgIpc) is 3.13. The van der Waals surface area contributed by atoms with Crippen molar-refractivity contribution in [1.82, 2.24) is 9.80 Å². The molecule has 1 unspecified atom stereocenters. The Morgan fingerprint density at radius 2 is 1.71 bits per heavy atom. The molecule has 2 aromatic carbocycles. The second-order valence-corrected chi connectivity index (χ2v) is 7.86. The van der Waals surface area contributed by atoms with E-state index >= 15 is 0 Å². The van der Waals surface area contributed by atoms with Crippen LogP contribution in [0.3, 0.4) is 0 Å². The smallest absolute Gasteiger partial charge is 0.337 e. The number of amides is 1. The maximum absolute atomic E-state index is 13.1. The summed E-state index contributed by atoms with van der Waals surface area (Å²) in [6.45, 7) is 6.57. The van der Waals surface area contributed by atoms with Gasteiger partial charge in [0.2, 0.25) is 0 Å². The lowest BCUT2D eigenvalue weighted by Crippen LogP contribution is -2.38. The number of esters is 1. The van der Waals surface area contributed by atoms with Crippen molar-refractivity contribution >= 4 is 23.4 Å². The van der Waals surface area contributed by atoms with Crippen LogP contribution in [0.4, 0.5) is 0 Å². The van der Waals surface area contributed by atoms with Crippen molar-refractivity contribution < 1.29 is 29.0 Å². The zero-order valence-electron chi connectivity index (χ0n) is 19.9. The van der Waals surface area contributed by atoms with Crippen LogP contribution in [0, 0.1) is 0 Å². The van der Waals surface area contributed by atoms with E-state index in [0.717, 1.165) is 13.1 Å². The second-order valence-electron chi connectivity index (χ2n) is 7.86. The van der Waals surface area contributed by atoms with E-state index in [4.69, 9.17) is 9.47 Å². The summed E-state index contributed by atoms with van der Waals surface area (Å²) >= 11 is 0. The minimum Gasteiger partial charge on any atom is -0.507 e. The summed E-state index contributed by atoms with van der Waals surface area (Å²) in [6, 6.07) is 12.4. The SMILES string of the molecule is CCN(CC)CCN1C(=O)C(=O)C(=C(O)c2cccc(OC)c2)C1c1ccc(C(=O)OC)cc1. The van der Waals surface area contributed by atoms with Crippen LogP contribution in [0.5, 0.6) is 5.75 Å². The zero-order chi connectivity index (χ0) is 24.8.